The molecule has 0 amide bonds. The number of hydrogen-bond donors (Lipinski definition) is 1. The molecule has 17 heavy (non-hydrogen) atoms. The summed E-state index contributed by atoms with van der Waals surface area (Å²) >= 11 is 0. The van der Waals surface area contributed by atoms with Gasteiger partial charge in [-0.15, -0.1) is 0 Å². The van der Waals surface area contributed by atoms with Crippen molar-refractivity contribution in [3.05, 3.63) is 29.3 Å². The smallest absolute Gasteiger partial charge is 0.178 e. The number of benzene rings is 1. The summed E-state index contributed by atoms with van der Waals surface area (Å²) in [5.41, 5.74) is -0.113. The van der Waals surface area contributed by atoms with Crippen LogP contribution in [0.15, 0.2) is 17.0 Å². The average molecular weight is 261 g/mol. The van der Waals surface area contributed by atoms with E-state index in [9.17, 15) is 17.2 Å². The maximum absolute atomic E-state index is 14.0. The second-order valence-electron chi connectivity index (χ2n) is 4.24. The van der Waals surface area contributed by atoms with Gasteiger partial charge >= 0.3 is 0 Å². The predicted molar refractivity (Wildman–Crippen MR) is 59.7 cm³/mol. The van der Waals surface area contributed by atoms with Crippen molar-refractivity contribution in [1.29, 1.82) is 0 Å². The molecule has 1 aromatic carbocycles. The Morgan fingerprint density at radius 3 is 2.59 bits per heavy atom. The first-order valence-corrected chi connectivity index (χ1v) is 7.19. The number of halogens is 2. The summed E-state index contributed by atoms with van der Waals surface area (Å²) in [6.07, 6.45) is 1.53. The molecule has 1 fully saturated rings. The van der Waals surface area contributed by atoms with E-state index in [1.165, 1.54) is 0 Å². The maximum atomic E-state index is 14.0. The summed E-state index contributed by atoms with van der Waals surface area (Å²) in [7, 11) is -3.66. The van der Waals surface area contributed by atoms with E-state index in [2.05, 4.69) is 5.32 Å². The van der Waals surface area contributed by atoms with Crippen LogP contribution in [-0.4, -0.2) is 27.8 Å². The first-order valence-electron chi connectivity index (χ1n) is 5.30. The molecule has 1 unspecified atom stereocenters. The zero-order valence-corrected chi connectivity index (χ0v) is 10.2. The summed E-state index contributed by atoms with van der Waals surface area (Å²) in [6.45, 7) is 1.16. The highest BCUT2D eigenvalue weighted by Gasteiger charge is 2.27. The molecule has 1 aromatic rings. The minimum absolute atomic E-state index is 0.113. The molecule has 0 spiro atoms. The van der Waals surface area contributed by atoms with Crippen LogP contribution < -0.4 is 5.32 Å². The molecule has 1 atom stereocenters. The van der Waals surface area contributed by atoms with Gasteiger partial charge in [-0.1, -0.05) is 0 Å². The van der Waals surface area contributed by atoms with E-state index in [4.69, 9.17) is 0 Å². The van der Waals surface area contributed by atoms with Gasteiger partial charge in [-0.05, 0) is 25.1 Å². The zero-order valence-electron chi connectivity index (χ0n) is 9.33. The fourth-order valence-corrected chi connectivity index (χ4v) is 2.86. The Balaban J connectivity index is 2.58. The van der Waals surface area contributed by atoms with Crippen LogP contribution in [0.1, 0.15) is 17.9 Å². The molecule has 0 radical (unpaired) electrons. The van der Waals surface area contributed by atoms with Crippen LogP contribution in [0.4, 0.5) is 8.78 Å². The van der Waals surface area contributed by atoms with Gasteiger partial charge in [-0.25, -0.2) is 17.2 Å². The van der Waals surface area contributed by atoms with Crippen LogP contribution in [0.3, 0.4) is 0 Å². The first kappa shape index (κ1) is 12.4. The molecule has 0 bridgehead atoms. The summed E-state index contributed by atoms with van der Waals surface area (Å²) in [6, 6.07) is 2.00. The number of nitrogens with one attached hydrogen (secondary N) is 1. The molecule has 0 aliphatic carbocycles. The average Bonchev–Trinajstić information content (AvgIpc) is 2.68. The lowest BCUT2D eigenvalue weighted by atomic mass is 9.97. The lowest BCUT2D eigenvalue weighted by Gasteiger charge is -2.13. The molecule has 1 aliphatic heterocycles. The lowest BCUT2D eigenvalue weighted by molar-refractivity contribution is 0.510. The third-order valence-electron chi connectivity index (χ3n) is 2.96. The van der Waals surface area contributed by atoms with Gasteiger partial charge in [0.25, 0.3) is 0 Å². The lowest BCUT2D eigenvalue weighted by Crippen LogP contribution is -2.13. The van der Waals surface area contributed by atoms with E-state index < -0.39 is 26.4 Å². The fraction of sp³-hybridized carbons (Fsp3) is 0.455. The molecule has 1 saturated heterocycles. The number of hydrogen-bond acceptors (Lipinski definition) is 3. The molecule has 0 aromatic heterocycles. The summed E-state index contributed by atoms with van der Waals surface area (Å²) in [4.78, 5) is -0.430. The van der Waals surface area contributed by atoms with E-state index in [1.54, 1.807) is 0 Å². The van der Waals surface area contributed by atoms with Gasteiger partial charge in [-0.2, -0.15) is 0 Å². The van der Waals surface area contributed by atoms with E-state index in [1.807, 2.05) is 0 Å². The normalized spacial score (nSPS) is 20.8. The van der Waals surface area contributed by atoms with Crippen molar-refractivity contribution < 1.29 is 17.2 Å². The third-order valence-corrected chi connectivity index (χ3v) is 4.07. The largest absolute Gasteiger partial charge is 0.316 e. The van der Waals surface area contributed by atoms with Crippen LogP contribution in [0.25, 0.3) is 0 Å². The Bertz CT molecular complexity index is 537. The Kier molecular flexibility index (Phi) is 3.18. The molecule has 6 heteroatoms. The number of rotatable bonds is 2. The molecule has 2 rings (SSSR count). The van der Waals surface area contributed by atoms with Gasteiger partial charge in [0.15, 0.2) is 9.84 Å². The SMILES string of the molecule is CS(=O)(=O)c1ccc(F)c(C2CCNC2)c1F. The van der Waals surface area contributed by atoms with E-state index in [0.29, 0.717) is 19.5 Å². The quantitative estimate of drug-likeness (QED) is 0.820. The van der Waals surface area contributed by atoms with Crippen molar-refractivity contribution in [2.45, 2.75) is 17.2 Å². The topological polar surface area (TPSA) is 46.2 Å². The molecule has 0 saturated carbocycles. The van der Waals surface area contributed by atoms with Crippen molar-refractivity contribution in [2.75, 3.05) is 19.3 Å². The Labute approximate surface area is 98.8 Å². The van der Waals surface area contributed by atoms with Crippen LogP contribution >= 0.6 is 0 Å². The highest BCUT2D eigenvalue weighted by atomic mass is 32.2. The fourth-order valence-electron chi connectivity index (χ4n) is 2.11. The van der Waals surface area contributed by atoms with Gasteiger partial charge in [0.05, 0.1) is 0 Å². The monoisotopic (exact) mass is 261 g/mol. The second-order valence-corrected chi connectivity index (χ2v) is 6.22. The molecule has 1 N–H and O–H groups in total. The molecular formula is C11H13F2NO2S. The van der Waals surface area contributed by atoms with E-state index in [0.717, 1.165) is 18.4 Å². The van der Waals surface area contributed by atoms with Crippen molar-refractivity contribution in [3.8, 4) is 0 Å². The molecule has 1 heterocycles. The second kappa shape index (κ2) is 4.34. The standard InChI is InChI=1S/C11H13F2NO2S/c1-17(15,16)9-3-2-8(12)10(11(9)13)7-4-5-14-6-7/h2-3,7,14H,4-6H2,1H3. The van der Waals surface area contributed by atoms with Crippen LogP contribution in [0.5, 0.6) is 0 Å². The first-order chi connectivity index (χ1) is 7.91. The zero-order chi connectivity index (χ0) is 12.6. The van der Waals surface area contributed by atoms with Gasteiger partial charge in [0.1, 0.15) is 16.5 Å². The predicted octanol–water partition coefficient (Wildman–Crippen LogP) is 1.45. The Hall–Kier alpha value is -1.01. The van der Waals surface area contributed by atoms with Gasteiger partial charge in [0, 0.05) is 24.3 Å². The van der Waals surface area contributed by atoms with Crippen LogP contribution in [-0.2, 0) is 9.84 Å². The minimum Gasteiger partial charge on any atom is -0.316 e. The molecular weight excluding hydrogens is 248 g/mol. The summed E-state index contributed by atoms with van der Waals surface area (Å²) in [5.74, 6) is -1.92. The van der Waals surface area contributed by atoms with Gasteiger partial charge in [0.2, 0.25) is 0 Å². The van der Waals surface area contributed by atoms with Gasteiger partial charge in [-0.3, -0.25) is 0 Å². The van der Waals surface area contributed by atoms with Crippen LogP contribution in [0.2, 0.25) is 0 Å². The van der Waals surface area contributed by atoms with Crippen molar-refractivity contribution in [2.24, 2.45) is 0 Å². The minimum atomic E-state index is -3.66. The van der Waals surface area contributed by atoms with Gasteiger partial charge < -0.3 is 5.32 Å². The van der Waals surface area contributed by atoms with Crippen molar-refractivity contribution in [1.82, 2.24) is 5.32 Å². The third kappa shape index (κ3) is 2.32. The highest BCUT2D eigenvalue weighted by Crippen LogP contribution is 2.30. The van der Waals surface area contributed by atoms with E-state index >= 15 is 0 Å². The highest BCUT2D eigenvalue weighted by molar-refractivity contribution is 7.90. The van der Waals surface area contributed by atoms with Crippen molar-refractivity contribution in [3.63, 3.8) is 0 Å². The molecule has 94 valence electrons. The Morgan fingerprint density at radius 1 is 1.35 bits per heavy atom. The molecule has 3 nitrogen and oxygen atoms in total. The van der Waals surface area contributed by atoms with Crippen LogP contribution in [0, 0.1) is 11.6 Å². The molecule has 1 aliphatic rings. The summed E-state index contributed by atoms with van der Waals surface area (Å²) in [5, 5.41) is 3.00. The van der Waals surface area contributed by atoms with E-state index in [-0.39, 0.29) is 11.5 Å². The van der Waals surface area contributed by atoms with Crippen molar-refractivity contribution >= 4 is 9.84 Å². The Morgan fingerprint density at radius 2 is 2.06 bits per heavy atom. The summed E-state index contributed by atoms with van der Waals surface area (Å²) < 4.78 is 50.4. The number of sulfone groups is 1. The maximum Gasteiger partial charge on any atom is 0.178 e.